The lowest BCUT2D eigenvalue weighted by Crippen LogP contribution is -2.42. The molecule has 0 saturated heterocycles. The minimum absolute atomic E-state index is 0.0150. The molecule has 1 aromatic heterocycles. The second-order valence-corrected chi connectivity index (χ2v) is 10.0. The zero-order valence-electron chi connectivity index (χ0n) is 19.1. The SMILES string of the molecule is Cc1c(N(CC(=O)NN=C2CCCC2)S(=O)(=O)c2ccccc2)c(=O)n(-c2ccccc2)n1C. The van der Waals surface area contributed by atoms with Crippen LogP contribution in [-0.2, 0) is 21.9 Å². The molecule has 1 N–H and O–H groups in total. The molecule has 1 aliphatic carbocycles. The second-order valence-electron chi connectivity index (χ2n) is 8.15. The van der Waals surface area contributed by atoms with E-state index in [1.807, 2.05) is 6.07 Å². The van der Waals surface area contributed by atoms with Gasteiger partial charge in [-0.25, -0.2) is 22.8 Å². The Morgan fingerprint density at radius 1 is 1.03 bits per heavy atom. The fraction of sp³-hybridized carbons (Fsp3) is 0.292. The zero-order chi connectivity index (χ0) is 24.3. The molecule has 0 unspecified atom stereocenters. The summed E-state index contributed by atoms with van der Waals surface area (Å²) in [5.41, 5.74) is 3.71. The van der Waals surface area contributed by atoms with Crippen LogP contribution in [0, 0.1) is 6.92 Å². The molecule has 1 aliphatic rings. The van der Waals surface area contributed by atoms with Crippen molar-refractivity contribution in [2.75, 3.05) is 10.8 Å². The Morgan fingerprint density at radius 3 is 2.24 bits per heavy atom. The molecule has 10 heteroatoms. The van der Waals surface area contributed by atoms with Crippen molar-refractivity contribution in [1.29, 1.82) is 0 Å². The average Bonchev–Trinajstić information content (AvgIpc) is 3.44. The van der Waals surface area contributed by atoms with Crippen molar-refractivity contribution in [2.24, 2.45) is 12.1 Å². The minimum Gasteiger partial charge on any atom is -0.283 e. The number of carbonyl (C=O) groups excluding carboxylic acids is 1. The first-order valence-corrected chi connectivity index (χ1v) is 12.5. The molecule has 1 amide bonds. The molecule has 4 rings (SSSR count). The number of sulfonamides is 1. The average molecular weight is 482 g/mol. The molecular weight excluding hydrogens is 454 g/mol. The molecule has 178 valence electrons. The molecule has 9 nitrogen and oxygen atoms in total. The summed E-state index contributed by atoms with van der Waals surface area (Å²) in [6, 6.07) is 16.7. The van der Waals surface area contributed by atoms with Crippen LogP contribution in [0.2, 0.25) is 0 Å². The first kappa shape index (κ1) is 23.5. The first-order chi connectivity index (χ1) is 16.3. The van der Waals surface area contributed by atoms with Crippen LogP contribution in [0.4, 0.5) is 5.69 Å². The number of hydrogen-bond acceptors (Lipinski definition) is 5. The Morgan fingerprint density at radius 2 is 1.62 bits per heavy atom. The molecule has 1 fully saturated rings. The van der Waals surface area contributed by atoms with E-state index in [0.29, 0.717) is 11.4 Å². The van der Waals surface area contributed by atoms with Crippen molar-refractivity contribution in [3.05, 3.63) is 76.7 Å². The summed E-state index contributed by atoms with van der Waals surface area (Å²) in [4.78, 5) is 26.3. The summed E-state index contributed by atoms with van der Waals surface area (Å²) in [5, 5.41) is 4.15. The van der Waals surface area contributed by atoms with Crippen LogP contribution in [0.25, 0.3) is 5.69 Å². The van der Waals surface area contributed by atoms with E-state index in [9.17, 15) is 18.0 Å². The topological polar surface area (TPSA) is 106 Å². The molecule has 2 aromatic carbocycles. The summed E-state index contributed by atoms with van der Waals surface area (Å²) >= 11 is 0. The smallest absolute Gasteiger partial charge is 0.283 e. The second kappa shape index (κ2) is 9.68. The minimum atomic E-state index is -4.22. The molecule has 0 atom stereocenters. The lowest BCUT2D eigenvalue weighted by molar-refractivity contribution is -0.119. The van der Waals surface area contributed by atoms with Crippen LogP contribution >= 0.6 is 0 Å². The van der Waals surface area contributed by atoms with Gasteiger partial charge in [0.15, 0.2) is 0 Å². The van der Waals surface area contributed by atoms with E-state index in [4.69, 9.17) is 0 Å². The van der Waals surface area contributed by atoms with E-state index in [-0.39, 0.29) is 10.6 Å². The maximum Gasteiger partial charge on any atom is 0.296 e. The highest BCUT2D eigenvalue weighted by Crippen LogP contribution is 2.25. The Bertz CT molecular complexity index is 1370. The maximum absolute atomic E-state index is 13.6. The number of carbonyl (C=O) groups is 1. The van der Waals surface area contributed by atoms with Gasteiger partial charge in [-0.2, -0.15) is 5.10 Å². The molecule has 3 aromatic rings. The number of hydrazone groups is 1. The number of anilines is 1. The molecule has 0 bridgehead atoms. The summed E-state index contributed by atoms with van der Waals surface area (Å²) in [6.45, 7) is 1.07. The van der Waals surface area contributed by atoms with Crippen LogP contribution in [0.1, 0.15) is 31.4 Å². The number of nitrogens with one attached hydrogen (secondary N) is 1. The highest BCUT2D eigenvalue weighted by molar-refractivity contribution is 7.92. The number of benzene rings is 2. The van der Waals surface area contributed by atoms with Gasteiger partial charge in [0.2, 0.25) is 0 Å². The van der Waals surface area contributed by atoms with Crippen LogP contribution in [0.15, 0.2) is 75.5 Å². The van der Waals surface area contributed by atoms with Gasteiger partial charge in [0, 0.05) is 12.8 Å². The van der Waals surface area contributed by atoms with Gasteiger partial charge in [-0.1, -0.05) is 36.4 Å². The van der Waals surface area contributed by atoms with Gasteiger partial charge in [0.1, 0.15) is 12.2 Å². The van der Waals surface area contributed by atoms with E-state index in [1.54, 1.807) is 61.1 Å². The van der Waals surface area contributed by atoms with Crippen molar-refractivity contribution >= 4 is 27.3 Å². The number of aromatic nitrogens is 2. The normalized spacial score (nSPS) is 13.6. The Labute approximate surface area is 198 Å². The molecule has 1 saturated carbocycles. The van der Waals surface area contributed by atoms with Crippen molar-refractivity contribution in [2.45, 2.75) is 37.5 Å². The third-order valence-corrected chi connectivity index (χ3v) is 7.67. The summed E-state index contributed by atoms with van der Waals surface area (Å²) in [5.74, 6) is -0.618. The molecule has 0 aliphatic heterocycles. The monoisotopic (exact) mass is 481 g/mol. The standard InChI is InChI=1S/C24H27N5O4S/c1-18-23(24(31)29(27(18)2)20-13-5-3-6-14-20)28(34(32,33)21-15-7-4-8-16-21)17-22(30)26-25-19-11-9-10-12-19/h3-8,13-16H,9-12,17H2,1-2H3,(H,26,30). The third kappa shape index (κ3) is 4.54. The quantitative estimate of drug-likeness (QED) is 0.524. The molecule has 34 heavy (non-hydrogen) atoms. The third-order valence-electron chi connectivity index (χ3n) is 5.91. The van der Waals surface area contributed by atoms with Gasteiger partial charge in [0.25, 0.3) is 21.5 Å². The van der Waals surface area contributed by atoms with Crippen molar-refractivity contribution in [3.63, 3.8) is 0 Å². The van der Waals surface area contributed by atoms with Gasteiger partial charge >= 0.3 is 0 Å². The van der Waals surface area contributed by atoms with Crippen molar-refractivity contribution < 1.29 is 13.2 Å². The molecule has 1 heterocycles. The first-order valence-electron chi connectivity index (χ1n) is 11.1. The number of amides is 1. The predicted molar refractivity (Wildman–Crippen MR) is 131 cm³/mol. The van der Waals surface area contributed by atoms with E-state index in [0.717, 1.165) is 35.7 Å². The van der Waals surface area contributed by atoms with Gasteiger partial charge in [0.05, 0.1) is 16.3 Å². The highest BCUT2D eigenvalue weighted by atomic mass is 32.2. The lowest BCUT2D eigenvalue weighted by atomic mass is 10.3. The van der Waals surface area contributed by atoms with Gasteiger partial charge in [-0.05, 0) is 56.9 Å². The lowest BCUT2D eigenvalue weighted by Gasteiger charge is -2.22. The van der Waals surface area contributed by atoms with Crippen molar-refractivity contribution in [3.8, 4) is 5.69 Å². The number of nitrogens with zero attached hydrogens (tertiary/aromatic N) is 4. The van der Waals surface area contributed by atoms with Gasteiger partial charge < -0.3 is 0 Å². The van der Waals surface area contributed by atoms with E-state index in [2.05, 4.69) is 10.5 Å². The molecule has 0 spiro atoms. The highest BCUT2D eigenvalue weighted by Gasteiger charge is 2.33. The zero-order valence-corrected chi connectivity index (χ0v) is 20.0. The van der Waals surface area contributed by atoms with Crippen LogP contribution in [0.3, 0.4) is 0 Å². The maximum atomic E-state index is 13.6. The Kier molecular flexibility index (Phi) is 6.69. The fourth-order valence-corrected chi connectivity index (χ4v) is 5.54. The Balaban J connectivity index is 1.80. The van der Waals surface area contributed by atoms with Gasteiger partial charge in [-0.15, -0.1) is 0 Å². The number of hydrogen-bond donors (Lipinski definition) is 1. The van der Waals surface area contributed by atoms with Crippen LogP contribution < -0.4 is 15.3 Å². The van der Waals surface area contributed by atoms with Crippen LogP contribution in [-0.4, -0.2) is 35.9 Å². The Hall–Kier alpha value is -3.66. The van der Waals surface area contributed by atoms with E-state index < -0.39 is 28.0 Å². The van der Waals surface area contributed by atoms with E-state index in [1.165, 1.54) is 16.8 Å². The number of rotatable bonds is 7. The molecular formula is C24H27N5O4S. The number of para-hydroxylation sites is 1. The molecule has 0 radical (unpaired) electrons. The van der Waals surface area contributed by atoms with Crippen molar-refractivity contribution in [1.82, 2.24) is 14.8 Å². The summed E-state index contributed by atoms with van der Waals surface area (Å²) in [6.07, 6.45) is 3.66. The van der Waals surface area contributed by atoms with Crippen LogP contribution in [0.5, 0.6) is 0 Å². The van der Waals surface area contributed by atoms with E-state index >= 15 is 0 Å². The van der Waals surface area contributed by atoms with Gasteiger partial charge in [-0.3, -0.25) is 14.3 Å². The predicted octanol–water partition coefficient (Wildman–Crippen LogP) is 2.73. The summed E-state index contributed by atoms with van der Waals surface area (Å²) in [7, 11) is -2.55. The summed E-state index contributed by atoms with van der Waals surface area (Å²) < 4.78 is 31.1. The fourth-order valence-electron chi connectivity index (χ4n) is 4.05. The largest absolute Gasteiger partial charge is 0.296 e.